The van der Waals surface area contributed by atoms with Gasteiger partial charge in [-0.1, -0.05) is 18.2 Å². The molecule has 0 amide bonds. The zero-order valence-electron chi connectivity index (χ0n) is 14.2. The summed E-state index contributed by atoms with van der Waals surface area (Å²) in [5.74, 6) is -2.00. The Balaban J connectivity index is 2.17. The summed E-state index contributed by atoms with van der Waals surface area (Å²) >= 11 is 0. The number of rotatable bonds is 3. The summed E-state index contributed by atoms with van der Waals surface area (Å²) in [5, 5.41) is 0. The van der Waals surface area contributed by atoms with Crippen LogP contribution in [0.25, 0.3) is 0 Å². The Labute approximate surface area is 145 Å². The second-order valence-corrected chi connectivity index (χ2v) is 6.40. The van der Waals surface area contributed by atoms with Gasteiger partial charge in [0.25, 0.3) is 0 Å². The Hall–Kier alpha value is -2.63. The van der Waals surface area contributed by atoms with Crippen LogP contribution < -0.4 is 5.73 Å². The van der Waals surface area contributed by atoms with E-state index >= 15 is 0 Å². The van der Waals surface area contributed by atoms with Crippen molar-refractivity contribution in [3.8, 4) is 0 Å². The maximum Gasteiger partial charge on any atom is 0.340 e. The van der Waals surface area contributed by atoms with Crippen molar-refractivity contribution in [1.82, 2.24) is 0 Å². The average Bonchev–Trinajstić information content (AvgIpc) is 2.53. The summed E-state index contributed by atoms with van der Waals surface area (Å²) in [7, 11) is 0. The molecule has 5 nitrogen and oxygen atoms in total. The molecule has 0 bridgehead atoms. The molecule has 1 aliphatic heterocycles. The fourth-order valence-corrected chi connectivity index (χ4v) is 3.25. The lowest BCUT2D eigenvalue weighted by Crippen LogP contribution is -2.32. The molecule has 25 heavy (non-hydrogen) atoms. The molecular formula is C19H20FNO4. The lowest BCUT2D eigenvalue weighted by atomic mass is 9.77. The number of carbonyl (C=O) groups excluding carboxylic acids is 2. The maximum absolute atomic E-state index is 14.5. The van der Waals surface area contributed by atoms with Crippen molar-refractivity contribution in [1.29, 1.82) is 0 Å². The molecule has 2 aliphatic rings. The van der Waals surface area contributed by atoms with Crippen LogP contribution in [-0.4, -0.2) is 17.9 Å². The number of ether oxygens (including phenoxy) is 2. The van der Waals surface area contributed by atoms with Crippen LogP contribution in [0.5, 0.6) is 0 Å². The fourth-order valence-electron chi connectivity index (χ4n) is 3.25. The van der Waals surface area contributed by atoms with Gasteiger partial charge >= 0.3 is 5.97 Å². The number of ketones is 1. The van der Waals surface area contributed by atoms with Gasteiger partial charge in [-0.15, -0.1) is 0 Å². The van der Waals surface area contributed by atoms with Crippen molar-refractivity contribution < 1.29 is 23.5 Å². The summed E-state index contributed by atoms with van der Waals surface area (Å²) in [6.07, 6.45) is 1.12. The van der Waals surface area contributed by atoms with Crippen LogP contribution in [-0.2, 0) is 19.1 Å². The molecular weight excluding hydrogens is 325 g/mol. The number of Topliss-reactive ketones (excluding diaryl/α,β-unsaturated/α-hetero) is 1. The second kappa shape index (κ2) is 6.70. The van der Waals surface area contributed by atoms with E-state index < -0.39 is 17.7 Å². The molecule has 132 valence electrons. The molecule has 0 saturated heterocycles. The molecule has 1 heterocycles. The van der Waals surface area contributed by atoms with E-state index in [1.807, 2.05) is 0 Å². The van der Waals surface area contributed by atoms with Crippen LogP contribution in [0.15, 0.2) is 47.1 Å². The van der Waals surface area contributed by atoms with E-state index in [1.165, 1.54) is 6.07 Å². The Morgan fingerprint density at radius 3 is 2.72 bits per heavy atom. The SMILES string of the molecule is CC(C)OC(=O)C1=C(N)OC2=C(C(=O)CCC2)C1c1ccccc1F. The van der Waals surface area contributed by atoms with Gasteiger partial charge in [0.15, 0.2) is 5.78 Å². The van der Waals surface area contributed by atoms with Crippen LogP contribution in [0.3, 0.4) is 0 Å². The fraction of sp³-hybridized carbons (Fsp3) is 0.368. The summed E-state index contributed by atoms with van der Waals surface area (Å²) in [4.78, 5) is 25.1. The van der Waals surface area contributed by atoms with E-state index in [9.17, 15) is 14.0 Å². The van der Waals surface area contributed by atoms with Crippen molar-refractivity contribution in [2.24, 2.45) is 5.73 Å². The largest absolute Gasteiger partial charge is 0.459 e. The number of benzene rings is 1. The first-order valence-corrected chi connectivity index (χ1v) is 8.29. The van der Waals surface area contributed by atoms with Crippen molar-refractivity contribution in [2.75, 3.05) is 0 Å². The number of allylic oxidation sites excluding steroid dienone is 2. The van der Waals surface area contributed by atoms with E-state index in [0.29, 0.717) is 30.6 Å². The highest BCUT2D eigenvalue weighted by atomic mass is 19.1. The minimum Gasteiger partial charge on any atom is -0.459 e. The molecule has 1 aromatic rings. The molecule has 1 aliphatic carbocycles. The van der Waals surface area contributed by atoms with Crippen molar-refractivity contribution in [3.63, 3.8) is 0 Å². The van der Waals surface area contributed by atoms with E-state index in [-0.39, 0.29) is 28.9 Å². The van der Waals surface area contributed by atoms with E-state index in [1.54, 1.807) is 32.0 Å². The lowest BCUT2D eigenvalue weighted by molar-refractivity contribution is -0.143. The van der Waals surface area contributed by atoms with Gasteiger partial charge in [-0.3, -0.25) is 4.79 Å². The van der Waals surface area contributed by atoms with Gasteiger partial charge in [0.2, 0.25) is 5.88 Å². The van der Waals surface area contributed by atoms with Crippen LogP contribution >= 0.6 is 0 Å². The van der Waals surface area contributed by atoms with Gasteiger partial charge in [0.1, 0.15) is 17.1 Å². The van der Waals surface area contributed by atoms with Crippen LogP contribution in [0.4, 0.5) is 4.39 Å². The van der Waals surface area contributed by atoms with Gasteiger partial charge in [-0.2, -0.15) is 0 Å². The highest BCUT2D eigenvalue weighted by molar-refractivity contribution is 6.03. The van der Waals surface area contributed by atoms with Crippen molar-refractivity contribution in [2.45, 2.75) is 45.1 Å². The van der Waals surface area contributed by atoms with E-state index in [4.69, 9.17) is 15.2 Å². The van der Waals surface area contributed by atoms with Crippen molar-refractivity contribution >= 4 is 11.8 Å². The second-order valence-electron chi connectivity index (χ2n) is 6.40. The average molecular weight is 345 g/mol. The summed E-state index contributed by atoms with van der Waals surface area (Å²) in [6, 6.07) is 6.05. The zero-order valence-corrected chi connectivity index (χ0v) is 14.2. The number of hydrogen-bond donors (Lipinski definition) is 1. The van der Waals surface area contributed by atoms with E-state index in [0.717, 1.165) is 0 Å². The highest BCUT2D eigenvalue weighted by Gasteiger charge is 2.42. The van der Waals surface area contributed by atoms with Gasteiger partial charge in [0, 0.05) is 24.0 Å². The monoisotopic (exact) mass is 345 g/mol. The normalized spacial score (nSPS) is 20.5. The predicted octanol–water partition coefficient (Wildman–Crippen LogP) is 3.07. The molecule has 2 N–H and O–H groups in total. The van der Waals surface area contributed by atoms with Gasteiger partial charge in [0.05, 0.1) is 12.0 Å². The molecule has 0 spiro atoms. The number of hydrogen-bond acceptors (Lipinski definition) is 5. The van der Waals surface area contributed by atoms with Crippen LogP contribution in [0.2, 0.25) is 0 Å². The van der Waals surface area contributed by atoms with Gasteiger partial charge < -0.3 is 15.2 Å². The Kier molecular flexibility index (Phi) is 4.61. The first-order chi connectivity index (χ1) is 11.9. The molecule has 1 unspecified atom stereocenters. The molecule has 3 rings (SSSR count). The Morgan fingerprint density at radius 1 is 1.32 bits per heavy atom. The maximum atomic E-state index is 14.5. The molecule has 0 aromatic heterocycles. The Morgan fingerprint density at radius 2 is 2.04 bits per heavy atom. The molecule has 6 heteroatoms. The summed E-state index contributed by atoms with van der Waals surface area (Å²) in [5.41, 5.74) is 6.48. The minimum atomic E-state index is -0.913. The summed E-state index contributed by atoms with van der Waals surface area (Å²) < 4.78 is 25.3. The third-order valence-electron chi connectivity index (χ3n) is 4.26. The van der Waals surface area contributed by atoms with Crippen molar-refractivity contribution in [3.05, 3.63) is 58.4 Å². The first-order valence-electron chi connectivity index (χ1n) is 8.29. The smallest absolute Gasteiger partial charge is 0.340 e. The molecule has 1 atom stereocenters. The number of esters is 1. The number of carbonyl (C=O) groups is 2. The predicted molar refractivity (Wildman–Crippen MR) is 88.6 cm³/mol. The zero-order chi connectivity index (χ0) is 18.1. The minimum absolute atomic E-state index is 0.0206. The number of halogens is 1. The lowest BCUT2D eigenvalue weighted by Gasteiger charge is -2.32. The highest BCUT2D eigenvalue weighted by Crippen LogP contribution is 2.44. The topological polar surface area (TPSA) is 78.6 Å². The van der Waals surface area contributed by atoms with Crippen LogP contribution in [0, 0.1) is 5.82 Å². The van der Waals surface area contributed by atoms with Gasteiger partial charge in [-0.05, 0) is 26.3 Å². The third kappa shape index (κ3) is 3.16. The molecule has 0 saturated carbocycles. The third-order valence-corrected chi connectivity index (χ3v) is 4.26. The van der Waals surface area contributed by atoms with Gasteiger partial charge in [-0.25, -0.2) is 9.18 Å². The first kappa shape index (κ1) is 17.2. The van der Waals surface area contributed by atoms with E-state index in [2.05, 4.69) is 0 Å². The van der Waals surface area contributed by atoms with Crippen LogP contribution in [0.1, 0.15) is 44.6 Å². The molecule has 1 aromatic carbocycles. The molecule has 0 radical (unpaired) electrons. The summed E-state index contributed by atoms with van der Waals surface area (Å²) in [6.45, 7) is 3.40. The standard InChI is InChI=1S/C19H20FNO4/c1-10(2)24-19(23)17-15(11-6-3-4-7-12(11)20)16-13(22)8-5-9-14(16)25-18(17)21/h3-4,6-7,10,15H,5,8-9,21H2,1-2H3. The Bertz CT molecular complexity index is 794. The number of nitrogens with two attached hydrogens (primary N) is 1. The molecule has 0 fully saturated rings. The quantitative estimate of drug-likeness (QED) is 0.852.